The van der Waals surface area contributed by atoms with Crippen LogP contribution in [0.2, 0.25) is 0 Å². The summed E-state index contributed by atoms with van der Waals surface area (Å²) in [5.41, 5.74) is 0.364. The zero-order valence-electron chi connectivity index (χ0n) is 17.1. The monoisotopic (exact) mass is 488 g/mol. The minimum Gasteiger partial charge on any atom is -0.550 e. The third kappa shape index (κ3) is 16.2. The molecule has 11 heteroatoms. The smallest absolute Gasteiger partial charge is 0.550 e. The van der Waals surface area contributed by atoms with Gasteiger partial charge in [-0.3, -0.25) is 9.59 Å². The van der Waals surface area contributed by atoms with Crippen molar-refractivity contribution in [2.45, 2.75) is 62.9 Å². The van der Waals surface area contributed by atoms with Crippen LogP contribution in [0, 0.1) is 11.8 Å². The Morgan fingerprint density at radius 2 is 1.55 bits per heavy atom. The van der Waals surface area contributed by atoms with Crippen molar-refractivity contribution in [3.63, 3.8) is 0 Å². The van der Waals surface area contributed by atoms with Crippen LogP contribution >= 0.6 is 0 Å². The maximum atomic E-state index is 12.2. The van der Waals surface area contributed by atoms with E-state index in [-0.39, 0.29) is 119 Å². The van der Waals surface area contributed by atoms with Gasteiger partial charge in [-0.15, -0.1) is 0 Å². The van der Waals surface area contributed by atoms with E-state index in [4.69, 9.17) is 0 Å². The van der Waals surface area contributed by atoms with Crippen molar-refractivity contribution in [3.05, 3.63) is 29.3 Å². The van der Waals surface area contributed by atoms with Crippen molar-refractivity contribution in [1.82, 2.24) is 10.6 Å². The molecule has 0 saturated heterocycles. The minimum absolute atomic E-state index is 0. The van der Waals surface area contributed by atoms with Gasteiger partial charge >= 0.3 is 59.1 Å². The van der Waals surface area contributed by atoms with E-state index in [0.29, 0.717) is 12.0 Å². The number of hydrogen-bond acceptors (Lipinski definition) is 7. The molecule has 0 spiro atoms. The van der Waals surface area contributed by atoms with E-state index in [1.807, 2.05) is 0 Å². The molecule has 0 saturated carbocycles. The van der Waals surface area contributed by atoms with Gasteiger partial charge in [0.1, 0.15) is 5.75 Å². The third-order valence-electron chi connectivity index (χ3n) is 4.07. The summed E-state index contributed by atoms with van der Waals surface area (Å²) >= 11 is 0. The number of carboxylic acids is 2. The number of rotatable bonds is 10. The molecule has 0 aliphatic rings. The molecule has 1 rings (SSSR count). The number of aliphatic carboxylic acids is 2. The van der Waals surface area contributed by atoms with Gasteiger partial charge in [-0.2, -0.15) is 0 Å². The fourth-order valence-corrected chi connectivity index (χ4v) is 2.44. The summed E-state index contributed by atoms with van der Waals surface area (Å²) in [4.78, 5) is 45.4. The molecule has 180 valence electrons. The molecule has 3 N–H and O–H groups in total. The Labute approximate surface area is 242 Å². The molecule has 9 nitrogen and oxygen atoms in total. The van der Waals surface area contributed by atoms with E-state index < -0.39 is 36.2 Å². The molecule has 2 atom stereocenters. The molecule has 0 fully saturated rings. The van der Waals surface area contributed by atoms with Crippen molar-refractivity contribution >= 4 is 23.8 Å². The summed E-state index contributed by atoms with van der Waals surface area (Å²) in [5.74, 6) is -5.40. The van der Waals surface area contributed by atoms with E-state index >= 15 is 0 Å². The number of nitrogens with one attached hydrogen (secondary N) is 2. The Hall–Kier alpha value is -1.10. The average molecular weight is 489 g/mol. The number of carbonyl (C=O) groups excluding carboxylic acids is 4. The van der Waals surface area contributed by atoms with Gasteiger partial charge in [0.05, 0.1) is 18.1 Å². The van der Waals surface area contributed by atoms with Crippen molar-refractivity contribution in [2.24, 2.45) is 11.8 Å². The molecule has 1 aromatic carbocycles. The molecule has 1 aromatic rings. The summed E-state index contributed by atoms with van der Waals surface area (Å²) in [5, 5.41) is 35.7. The summed E-state index contributed by atoms with van der Waals surface area (Å²) in [7, 11) is 0. The predicted octanol–water partition coefficient (Wildman–Crippen LogP) is -5.16. The third-order valence-corrected chi connectivity index (χ3v) is 4.07. The van der Waals surface area contributed by atoms with E-state index in [1.165, 1.54) is 25.1 Å². The first kappa shape index (κ1) is 45.4. The van der Waals surface area contributed by atoms with Crippen LogP contribution in [0.4, 0.5) is 0 Å². The van der Waals surface area contributed by atoms with Crippen LogP contribution in [0.5, 0.6) is 5.75 Å². The predicted molar refractivity (Wildman–Crippen MR) is 117 cm³/mol. The molecule has 2 unspecified atom stereocenters. The van der Waals surface area contributed by atoms with Crippen LogP contribution in [0.1, 0.15) is 72.3 Å². The molecule has 0 aliphatic carbocycles. The molecular formula is C22H38N2Na2O7. The normalized spacial score (nSPS) is 10.4. The van der Waals surface area contributed by atoms with Gasteiger partial charge in [-0.25, -0.2) is 0 Å². The maximum absolute atomic E-state index is 12.2. The Bertz CT molecular complexity index is 731. The van der Waals surface area contributed by atoms with Gasteiger partial charge in [0.15, 0.2) is 0 Å². The van der Waals surface area contributed by atoms with E-state index in [2.05, 4.69) is 10.6 Å². The summed E-state index contributed by atoms with van der Waals surface area (Å²) in [6.07, 6.45) is 0.604. The summed E-state index contributed by atoms with van der Waals surface area (Å²) in [6.45, 7) is 2.60. The van der Waals surface area contributed by atoms with E-state index in [0.717, 1.165) is 0 Å². The van der Waals surface area contributed by atoms with Crippen molar-refractivity contribution < 1.29 is 93.6 Å². The Morgan fingerprint density at radius 3 is 2.00 bits per heavy atom. The molecule has 0 aliphatic heterocycles. The average Bonchev–Trinajstić information content (AvgIpc) is 2.62. The van der Waals surface area contributed by atoms with Gasteiger partial charge in [-0.05, 0) is 36.5 Å². The van der Waals surface area contributed by atoms with E-state index in [1.54, 1.807) is 6.92 Å². The minimum atomic E-state index is -1.47. The first-order chi connectivity index (χ1) is 12.6. The number of carboxylic acid groups (broad SMARTS) is 2. The maximum Gasteiger partial charge on any atom is 1.00 e. The van der Waals surface area contributed by atoms with Crippen LogP contribution in [-0.4, -0.2) is 35.4 Å². The number of phenolic OH excluding ortho intramolecular Hbond substituents is 1. The Morgan fingerprint density at radius 1 is 1.00 bits per heavy atom. The first-order valence-corrected chi connectivity index (χ1v) is 8.44. The number of carbonyl (C=O) groups is 4. The number of aromatic hydroxyl groups is 1. The molecule has 0 heterocycles. The van der Waals surface area contributed by atoms with Gasteiger partial charge in [-0.1, -0.05) is 49.6 Å². The fourth-order valence-electron chi connectivity index (χ4n) is 2.44. The Balaban J connectivity index is -0.000000304. The van der Waals surface area contributed by atoms with Gasteiger partial charge in [0, 0.05) is 18.4 Å². The summed E-state index contributed by atoms with van der Waals surface area (Å²) < 4.78 is 0. The second-order valence-corrected chi connectivity index (χ2v) is 6.18. The molecule has 0 bridgehead atoms. The van der Waals surface area contributed by atoms with Gasteiger partial charge < -0.3 is 35.5 Å². The quantitative estimate of drug-likeness (QED) is 0.278. The molecule has 33 heavy (non-hydrogen) atoms. The van der Waals surface area contributed by atoms with Crippen molar-refractivity contribution in [2.75, 3.05) is 6.54 Å². The second-order valence-electron chi connectivity index (χ2n) is 6.18. The molecular weight excluding hydrogens is 450 g/mol. The first-order valence-electron chi connectivity index (χ1n) is 8.44. The Kier molecular flexibility index (Phi) is 31.2. The van der Waals surface area contributed by atoms with Crippen LogP contribution in [0.15, 0.2) is 18.2 Å². The zero-order valence-corrected chi connectivity index (χ0v) is 21.1. The number of benzene rings is 1. The largest absolute Gasteiger partial charge is 1.00 e. The van der Waals surface area contributed by atoms with Crippen LogP contribution in [-0.2, 0) is 20.9 Å². The van der Waals surface area contributed by atoms with Crippen LogP contribution < -0.4 is 80.0 Å². The van der Waals surface area contributed by atoms with Crippen molar-refractivity contribution in [1.29, 1.82) is 0 Å². The summed E-state index contributed by atoms with van der Waals surface area (Å²) in [6, 6.07) is 4.08. The topological polar surface area (TPSA) is 159 Å². The van der Waals surface area contributed by atoms with E-state index in [9.17, 15) is 34.5 Å². The zero-order chi connectivity index (χ0) is 20.6. The molecule has 2 amide bonds. The van der Waals surface area contributed by atoms with Gasteiger partial charge in [0.25, 0.3) is 5.91 Å². The second kappa shape index (κ2) is 22.7. The fraction of sp³-hybridized carbons (Fsp3) is 0.545. The molecule has 0 radical (unpaired) electrons. The van der Waals surface area contributed by atoms with Crippen LogP contribution in [0.25, 0.3) is 0 Å². The number of hydrogen-bond donors (Lipinski definition) is 3. The van der Waals surface area contributed by atoms with Crippen molar-refractivity contribution in [3.8, 4) is 5.75 Å². The molecule has 0 aromatic heterocycles. The van der Waals surface area contributed by atoms with Gasteiger partial charge in [0.2, 0.25) is 5.91 Å². The number of phenols is 1. The standard InChI is InChI=1S/C18H24N2O7.4CH4.2Na/c1-3-12(6-10(2)18(26)27)16(24)19-8-11-4-5-14(21)13(7-11)17(25)20-9-15(22)23;;;;;;/h4-5,7,10,12,21H,3,6,8-9H2,1-2H3,(H,19,24)(H,20,25)(H,22,23)(H,26,27);4*1H4;;/q;;;;;2*+1/p-2. The SMILES string of the molecule is C.C.C.C.CCC(CC(C)C(=O)[O-])C(=O)NCc1ccc(O)c(C(=O)NCC(=O)[O-])c1.[Na+].[Na+]. The number of amides is 2. The van der Waals surface area contributed by atoms with Crippen LogP contribution in [0.3, 0.4) is 0 Å².